The van der Waals surface area contributed by atoms with Gasteiger partial charge in [-0.25, -0.2) is 4.98 Å². The third-order valence-corrected chi connectivity index (χ3v) is 6.28. The summed E-state index contributed by atoms with van der Waals surface area (Å²) in [6.45, 7) is 5.36. The molecule has 1 aromatic heterocycles. The lowest BCUT2D eigenvalue weighted by molar-refractivity contribution is 0.250. The van der Waals surface area contributed by atoms with Gasteiger partial charge in [-0.15, -0.1) is 11.8 Å². The van der Waals surface area contributed by atoms with Crippen LogP contribution in [0.1, 0.15) is 5.56 Å². The van der Waals surface area contributed by atoms with E-state index in [1.54, 1.807) is 11.8 Å². The number of benzene rings is 2. The third-order valence-electron chi connectivity index (χ3n) is 4.48. The molecule has 1 aliphatic rings. The van der Waals surface area contributed by atoms with E-state index in [1.807, 2.05) is 11.3 Å². The van der Waals surface area contributed by atoms with Crippen molar-refractivity contribution in [2.45, 2.75) is 11.4 Å². The highest BCUT2D eigenvalue weighted by Crippen LogP contribution is 2.32. The highest BCUT2D eigenvalue weighted by atomic mass is 32.2. The fraction of sp³-hybridized carbons (Fsp3) is 0.316. The van der Waals surface area contributed by atoms with Gasteiger partial charge < -0.3 is 4.90 Å². The van der Waals surface area contributed by atoms with Crippen molar-refractivity contribution in [3.63, 3.8) is 0 Å². The first-order valence-electron chi connectivity index (χ1n) is 8.27. The Kier molecular flexibility index (Phi) is 4.74. The van der Waals surface area contributed by atoms with E-state index >= 15 is 0 Å². The second kappa shape index (κ2) is 7.13. The number of thioether (sulfide) groups is 1. The SMILES string of the molecule is CSc1ccc2nc(N3CCN(Cc4ccccc4)CC3)sc2c1. The molecule has 0 spiro atoms. The summed E-state index contributed by atoms with van der Waals surface area (Å²) < 4.78 is 1.29. The molecule has 0 unspecified atom stereocenters. The lowest BCUT2D eigenvalue weighted by atomic mass is 10.2. The second-order valence-electron chi connectivity index (χ2n) is 6.08. The van der Waals surface area contributed by atoms with Crippen LogP contribution in [0.15, 0.2) is 53.4 Å². The maximum absolute atomic E-state index is 4.84. The Bertz CT molecular complexity index is 808. The van der Waals surface area contributed by atoms with Crippen LogP contribution in [-0.4, -0.2) is 42.3 Å². The Morgan fingerprint density at radius 1 is 1.04 bits per heavy atom. The van der Waals surface area contributed by atoms with E-state index in [9.17, 15) is 0 Å². The van der Waals surface area contributed by atoms with Crippen LogP contribution in [0.3, 0.4) is 0 Å². The molecule has 1 aliphatic heterocycles. The molecule has 4 rings (SSSR count). The minimum atomic E-state index is 1.05. The number of piperazine rings is 1. The van der Waals surface area contributed by atoms with E-state index in [1.165, 1.54) is 20.3 Å². The monoisotopic (exact) mass is 355 g/mol. The first-order chi connectivity index (χ1) is 11.8. The fourth-order valence-corrected chi connectivity index (χ4v) is 4.66. The third kappa shape index (κ3) is 3.43. The summed E-state index contributed by atoms with van der Waals surface area (Å²) in [6, 6.07) is 17.3. The molecule has 0 atom stereocenters. The summed E-state index contributed by atoms with van der Waals surface area (Å²) in [5.41, 5.74) is 2.52. The predicted octanol–water partition coefficient (Wildman–Crippen LogP) is 4.34. The second-order valence-corrected chi connectivity index (χ2v) is 7.97. The van der Waals surface area contributed by atoms with Gasteiger partial charge in [-0.2, -0.15) is 0 Å². The Balaban J connectivity index is 1.42. The number of nitrogens with zero attached hydrogens (tertiary/aromatic N) is 3. The zero-order chi connectivity index (χ0) is 16.4. The Morgan fingerprint density at radius 2 is 1.83 bits per heavy atom. The van der Waals surface area contributed by atoms with E-state index in [0.717, 1.165) is 38.2 Å². The van der Waals surface area contributed by atoms with Gasteiger partial charge in [-0.1, -0.05) is 41.7 Å². The Labute approximate surface area is 151 Å². The van der Waals surface area contributed by atoms with Gasteiger partial charge in [-0.3, -0.25) is 4.90 Å². The van der Waals surface area contributed by atoms with Crippen LogP contribution in [0.2, 0.25) is 0 Å². The van der Waals surface area contributed by atoms with E-state index < -0.39 is 0 Å². The van der Waals surface area contributed by atoms with Gasteiger partial charge >= 0.3 is 0 Å². The number of hydrogen-bond acceptors (Lipinski definition) is 5. The van der Waals surface area contributed by atoms with E-state index in [0.29, 0.717) is 0 Å². The number of thiazole rings is 1. The minimum Gasteiger partial charge on any atom is -0.345 e. The quantitative estimate of drug-likeness (QED) is 0.648. The molecule has 0 bridgehead atoms. The van der Waals surface area contributed by atoms with Crippen molar-refractivity contribution in [3.05, 3.63) is 54.1 Å². The van der Waals surface area contributed by atoms with Gasteiger partial charge in [0.05, 0.1) is 10.2 Å². The van der Waals surface area contributed by atoms with Gasteiger partial charge in [0.25, 0.3) is 0 Å². The predicted molar refractivity (Wildman–Crippen MR) is 105 cm³/mol. The van der Waals surface area contributed by atoms with Crippen LogP contribution in [-0.2, 0) is 6.54 Å². The van der Waals surface area contributed by atoms with E-state index in [4.69, 9.17) is 4.98 Å². The number of anilines is 1. The molecule has 0 N–H and O–H groups in total. The van der Waals surface area contributed by atoms with Crippen molar-refractivity contribution in [2.24, 2.45) is 0 Å². The molecule has 24 heavy (non-hydrogen) atoms. The molecule has 0 saturated carbocycles. The number of rotatable bonds is 4. The zero-order valence-corrected chi connectivity index (χ0v) is 15.4. The number of fused-ring (bicyclic) bond motifs is 1. The van der Waals surface area contributed by atoms with Crippen molar-refractivity contribution in [1.82, 2.24) is 9.88 Å². The first kappa shape index (κ1) is 15.9. The Morgan fingerprint density at radius 3 is 2.58 bits per heavy atom. The number of aromatic nitrogens is 1. The molecular weight excluding hydrogens is 334 g/mol. The molecule has 2 aromatic carbocycles. The fourth-order valence-electron chi connectivity index (χ4n) is 3.09. The van der Waals surface area contributed by atoms with Crippen molar-refractivity contribution < 1.29 is 0 Å². The van der Waals surface area contributed by atoms with Crippen molar-refractivity contribution in [3.8, 4) is 0 Å². The van der Waals surface area contributed by atoms with E-state index in [-0.39, 0.29) is 0 Å². The van der Waals surface area contributed by atoms with Gasteiger partial charge in [0.1, 0.15) is 0 Å². The summed E-state index contributed by atoms with van der Waals surface area (Å²) in [5, 5.41) is 1.17. The number of hydrogen-bond donors (Lipinski definition) is 0. The molecule has 3 nitrogen and oxygen atoms in total. The lowest BCUT2D eigenvalue weighted by Crippen LogP contribution is -2.45. The molecule has 1 saturated heterocycles. The van der Waals surface area contributed by atoms with E-state index in [2.05, 4.69) is 64.6 Å². The van der Waals surface area contributed by atoms with Crippen LogP contribution >= 0.6 is 23.1 Å². The van der Waals surface area contributed by atoms with Crippen molar-refractivity contribution in [2.75, 3.05) is 37.3 Å². The maximum Gasteiger partial charge on any atom is 0.186 e. The van der Waals surface area contributed by atoms with Gasteiger partial charge in [0, 0.05) is 37.6 Å². The van der Waals surface area contributed by atoms with Gasteiger partial charge in [-0.05, 0) is 30.0 Å². The van der Waals surface area contributed by atoms with Gasteiger partial charge in [0.15, 0.2) is 5.13 Å². The molecule has 0 radical (unpaired) electrons. The van der Waals surface area contributed by atoms with Crippen LogP contribution in [0.4, 0.5) is 5.13 Å². The summed E-state index contributed by atoms with van der Waals surface area (Å²) in [6.07, 6.45) is 2.12. The lowest BCUT2D eigenvalue weighted by Gasteiger charge is -2.34. The molecule has 1 fully saturated rings. The van der Waals surface area contributed by atoms with Crippen LogP contribution in [0.25, 0.3) is 10.2 Å². The summed E-state index contributed by atoms with van der Waals surface area (Å²) in [5.74, 6) is 0. The Hall–Kier alpha value is -1.56. The average molecular weight is 356 g/mol. The van der Waals surface area contributed by atoms with Gasteiger partial charge in [0.2, 0.25) is 0 Å². The molecule has 3 aromatic rings. The van der Waals surface area contributed by atoms with Crippen LogP contribution in [0, 0.1) is 0 Å². The topological polar surface area (TPSA) is 19.4 Å². The van der Waals surface area contributed by atoms with Crippen LogP contribution in [0.5, 0.6) is 0 Å². The van der Waals surface area contributed by atoms with Crippen LogP contribution < -0.4 is 4.90 Å². The molecule has 2 heterocycles. The molecule has 0 aliphatic carbocycles. The maximum atomic E-state index is 4.84. The molecule has 5 heteroatoms. The highest BCUT2D eigenvalue weighted by molar-refractivity contribution is 7.98. The van der Waals surface area contributed by atoms with Crippen molar-refractivity contribution in [1.29, 1.82) is 0 Å². The summed E-state index contributed by atoms with van der Waals surface area (Å²) in [7, 11) is 0. The minimum absolute atomic E-state index is 1.05. The average Bonchev–Trinajstić information content (AvgIpc) is 3.06. The highest BCUT2D eigenvalue weighted by Gasteiger charge is 2.19. The zero-order valence-electron chi connectivity index (χ0n) is 13.8. The summed E-state index contributed by atoms with van der Waals surface area (Å²) >= 11 is 3.61. The van der Waals surface area contributed by atoms with Crippen molar-refractivity contribution >= 4 is 38.4 Å². The molecule has 124 valence electrons. The largest absolute Gasteiger partial charge is 0.345 e. The molecule has 0 amide bonds. The molecular formula is C19H21N3S2. The first-order valence-corrected chi connectivity index (χ1v) is 10.3. The summed E-state index contributed by atoms with van der Waals surface area (Å²) in [4.78, 5) is 11.1. The smallest absolute Gasteiger partial charge is 0.186 e. The standard InChI is InChI=1S/C19H21N3S2/c1-23-16-7-8-17-18(13-16)24-19(20-17)22-11-9-21(10-12-22)14-15-5-3-2-4-6-15/h2-8,13H,9-12,14H2,1H3. The normalized spacial score (nSPS) is 16.0.